The lowest BCUT2D eigenvalue weighted by Gasteiger charge is -2.14. The maximum Gasteiger partial charge on any atom is 0.416 e. The summed E-state index contributed by atoms with van der Waals surface area (Å²) >= 11 is 0. The largest absolute Gasteiger partial charge is 0.488 e. The van der Waals surface area contributed by atoms with Crippen LogP contribution in [0.5, 0.6) is 5.75 Å². The zero-order valence-electron chi connectivity index (χ0n) is 14.2. The first-order valence-corrected chi connectivity index (χ1v) is 7.88. The predicted octanol–water partition coefficient (Wildman–Crippen LogP) is 5.11. The minimum Gasteiger partial charge on any atom is -0.488 e. The van der Waals surface area contributed by atoms with E-state index >= 15 is 0 Å². The molecule has 0 aliphatic heterocycles. The highest BCUT2D eigenvalue weighted by Crippen LogP contribution is 2.33. The van der Waals surface area contributed by atoms with E-state index in [9.17, 15) is 31.5 Å². The summed E-state index contributed by atoms with van der Waals surface area (Å²) in [7, 11) is 0. The molecule has 0 saturated heterocycles. The zero-order chi connectivity index (χ0) is 20.2. The van der Waals surface area contributed by atoms with Crippen molar-refractivity contribution in [3.63, 3.8) is 0 Å². The second kappa shape index (κ2) is 8.28. The van der Waals surface area contributed by atoms with E-state index in [1.165, 1.54) is 6.92 Å². The summed E-state index contributed by atoms with van der Waals surface area (Å²) in [5.41, 5.74) is -1.43. The first-order valence-electron chi connectivity index (χ1n) is 7.88. The van der Waals surface area contributed by atoms with Crippen molar-refractivity contribution in [3.8, 4) is 5.75 Å². The molecule has 0 aliphatic carbocycles. The summed E-state index contributed by atoms with van der Waals surface area (Å²) in [5, 5.41) is 0. The van der Waals surface area contributed by atoms with Gasteiger partial charge in [0, 0.05) is 24.5 Å². The van der Waals surface area contributed by atoms with Gasteiger partial charge in [-0.25, -0.2) is 8.78 Å². The number of benzene rings is 2. The van der Waals surface area contributed by atoms with Gasteiger partial charge in [-0.05, 0) is 37.3 Å². The van der Waals surface area contributed by atoms with Crippen molar-refractivity contribution in [3.05, 3.63) is 64.7 Å². The van der Waals surface area contributed by atoms with Crippen molar-refractivity contribution in [1.82, 2.24) is 0 Å². The smallest absolute Gasteiger partial charge is 0.416 e. The first-order chi connectivity index (χ1) is 12.6. The standard InChI is InChI=1S/C19H15F5O3/c1-11(25)2-6-17(26)15-8-13(19(22,23)24)4-7-18(15)27-10-12-3-5-14(20)9-16(12)21/h3-5,7-9H,2,6,10H2,1H3. The average Bonchev–Trinajstić information content (AvgIpc) is 2.58. The van der Waals surface area contributed by atoms with Gasteiger partial charge in [0.1, 0.15) is 29.8 Å². The van der Waals surface area contributed by atoms with Gasteiger partial charge in [-0.2, -0.15) is 13.2 Å². The molecule has 0 bridgehead atoms. The molecule has 0 saturated carbocycles. The van der Waals surface area contributed by atoms with Crippen LogP contribution in [0.4, 0.5) is 22.0 Å². The Bertz CT molecular complexity index is 859. The molecule has 2 aromatic carbocycles. The fraction of sp³-hybridized carbons (Fsp3) is 0.263. The van der Waals surface area contributed by atoms with Crippen molar-refractivity contribution < 1.29 is 36.3 Å². The summed E-state index contributed by atoms with van der Waals surface area (Å²) in [6.07, 6.45) is -5.07. The maximum absolute atomic E-state index is 13.7. The zero-order valence-corrected chi connectivity index (χ0v) is 14.2. The molecule has 3 nitrogen and oxygen atoms in total. The molecule has 0 spiro atoms. The van der Waals surface area contributed by atoms with Crippen LogP contribution in [0.3, 0.4) is 0 Å². The van der Waals surface area contributed by atoms with E-state index in [2.05, 4.69) is 0 Å². The number of carbonyl (C=O) groups excluding carboxylic acids is 2. The topological polar surface area (TPSA) is 43.4 Å². The highest BCUT2D eigenvalue weighted by molar-refractivity contribution is 6.00. The van der Waals surface area contributed by atoms with Gasteiger partial charge in [0.15, 0.2) is 5.78 Å². The fourth-order valence-electron chi connectivity index (χ4n) is 2.27. The van der Waals surface area contributed by atoms with Crippen LogP contribution in [-0.4, -0.2) is 11.6 Å². The fourth-order valence-corrected chi connectivity index (χ4v) is 2.27. The van der Waals surface area contributed by atoms with Crippen LogP contribution in [0.15, 0.2) is 36.4 Å². The molecule has 0 atom stereocenters. The molecule has 2 rings (SSSR count). The van der Waals surface area contributed by atoms with E-state index in [0.29, 0.717) is 12.1 Å². The van der Waals surface area contributed by atoms with Crippen molar-refractivity contribution in [2.45, 2.75) is 32.5 Å². The Balaban J connectivity index is 2.30. The van der Waals surface area contributed by atoms with E-state index in [0.717, 1.165) is 24.3 Å². The second-order valence-corrected chi connectivity index (χ2v) is 5.86. The molecule has 27 heavy (non-hydrogen) atoms. The highest BCUT2D eigenvalue weighted by Gasteiger charge is 2.32. The minimum atomic E-state index is -4.67. The van der Waals surface area contributed by atoms with Gasteiger partial charge in [-0.15, -0.1) is 0 Å². The molecule has 0 fully saturated rings. The Morgan fingerprint density at radius 2 is 1.70 bits per heavy atom. The average molecular weight is 386 g/mol. The molecule has 0 heterocycles. The van der Waals surface area contributed by atoms with Crippen LogP contribution in [0, 0.1) is 11.6 Å². The SMILES string of the molecule is CC(=O)CCC(=O)c1cc(C(F)(F)F)ccc1OCc1ccc(F)cc1F. The van der Waals surface area contributed by atoms with Gasteiger partial charge in [-0.3, -0.25) is 4.79 Å². The van der Waals surface area contributed by atoms with Crippen LogP contribution in [0.25, 0.3) is 0 Å². The third-order valence-electron chi connectivity index (χ3n) is 3.71. The summed E-state index contributed by atoms with van der Waals surface area (Å²) in [4.78, 5) is 23.3. The molecule has 8 heteroatoms. The predicted molar refractivity (Wildman–Crippen MR) is 86.4 cm³/mol. The molecule has 0 aliphatic rings. The van der Waals surface area contributed by atoms with Crippen LogP contribution in [-0.2, 0) is 17.6 Å². The molecule has 144 valence electrons. The van der Waals surface area contributed by atoms with Crippen LogP contribution in [0.1, 0.15) is 41.3 Å². The van der Waals surface area contributed by atoms with Crippen molar-refractivity contribution in [2.75, 3.05) is 0 Å². The quantitative estimate of drug-likeness (QED) is 0.490. The van der Waals surface area contributed by atoms with Gasteiger partial charge in [0.05, 0.1) is 11.1 Å². The van der Waals surface area contributed by atoms with E-state index < -0.39 is 35.8 Å². The molecule has 0 N–H and O–H groups in total. The number of alkyl halides is 3. The van der Waals surface area contributed by atoms with Crippen molar-refractivity contribution in [2.24, 2.45) is 0 Å². The monoisotopic (exact) mass is 386 g/mol. The van der Waals surface area contributed by atoms with Gasteiger partial charge in [-0.1, -0.05) is 0 Å². The molecular weight excluding hydrogens is 371 g/mol. The Morgan fingerprint density at radius 3 is 2.30 bits per heavy atom. The lowest BCUT2D eigenvalue weighted by Crippen LogP contribution is -2.11. The van der Waals surface area contributed by atoms with Gasteiger partial charge in [0.2, 0.25) is 0 Å². The summed E-state index contributed by atoms with van der Waals surface area (Å²) in [5.74, 6) is -2.84. The van der Waals surface area contributed by atoms with Crippen LogP contribution in [0.2, 0.25) is 0 Å². The Morgan fingerprint density at radius 1 is 1.00 bits per heavy atom. The number of ketones is 2. The minimum absolute atomic E-state index is 0.0292. The first kappa shape index (κ1) is 20.5. The van der Waals surface area contributed by atoms with Gasteiger partial charge >= 0.3 is 6.18 Å². The molecule has 0 radical (unpaired) electrons. The second-order valence-electron chi connectivity index (χ2n) is 5.86. The maximum atomic E-state index is 13.7. The Kier molecular flexibility index (Phi) is 6.30. The van der Waals surface area contributed by atoms with Gasteiger partial charge in [0.25, 0.3) is 0 Å². The highest BCUT2D eigenvalue weighted by atomic mass is 19.4. The van der Waals surface area contributed by atoms with E-state index in [1.807, 2.05) is 0 Å². The molecule has 2 aromatic rings. The van der Waals surface area contributed by atoms with Crippen molar-refractivity contribution >= 4 is 11.6 Å². The Hall–Kier alpha value is -2.77. The van der Waals surface area contributed by atoms with E-state index in [1.54, 1.807) is 0 Å². The number of Topliss-reactive ketones (excluding diaryl/α,β-unsaturated/α-hetero) is 2. The lowest BCUT2D eigenvalue weighted by molar-refractivity contribution is -0.137. The van der Waals surface area contributed by atoms with E-state index in [4.69, 9.17) is 4.74 Å². The lowest BCUT2D eigenvalue weighted by atomic mass is 10.0. The molecule has 0 aromatic heterocycles. The molecule has 0 amide bonds. The van der Waals surface area contributed by atoms with Crippen molar-refractivity contribution in [1.29, 1.82) is 0 Å². The summed E-state index contributed by atoms with van der Waals surface area (Å²) in [6, 6.07) is 5.12. The number of ether oxygens (including phenoxy) is 1. The molecular formula is C19H15F5O3. The summed E-state index contributed by atoms with van der Waals surface area (Å²) < 4.78 is 70.7. The number of rotatable bonds is 7. The van der Waals surface area contributed by atoms with Crippen LogP contribution < -0.4 is 4.74 Å². The third kappa shape index (κ3) is 5.60. The van der Waals surface area contributed by atoms with Crippen LogP contribution >= 0.6 is 0 Å². The number of carbonyl (C=O) groups is 2. The number of hydrogen-bond donors (Lipinski definition) is 0. The number of halogens is 5. The van der Waals surface area contributed by atoms with E-state index in [-0.39, 0.29) is 35.5 Å². The normalized spacial score (nSPS) is 11.3. The molecule has 0 unspecified atom stereocenters. The number of hydrogen-bond acceptors (Lipinski definition) is 3. The Labute approximate surface area is 151 Å². The third-order valence-corrected chi connectivity index (χ3v) is 3.71. The summed E-state index contributed by atoms with van der Waals surface area (Å²) in [6.45, 7) is 0.846. The van der Waals surface area contributed by atoms with Gasteiger partial charge < -0.3 is 9.53 Å².